The summed E-state index contributed by atoms with van der Waals surface area (Å²) in [7, 11) is 0. The maximum Gasteiger partial charge on any atom is 0.323 e. The number of carboxylic acids is 1. The number of hydrogen-bond acceptors (Lipinski definition) is 2. The highest BCUT2D eigenvalue weighted by atomic mass is 19.1. The van der Waals surface area contributed by atoms with Crippen molar-refractivity contribution in [2.45, 2.75) is 13.5 Å². The minimum atomic E-state index is -1.09. The number of aryl methyl sites for hydroxylation is 1. The fourth-order valence-electron chi connectivity index (χ4n) is 2.20. The predicted octanol–water partition coefficient (Wildman–Crippen LogP) is 2.86. The summed E-state index contributed by atoms with van der Waals surface area (Å²) in [5.74, 6) is -1.95. The van der Waals surface area contributed by atoms with E-state index in [9.17, 15) is 14.0 Å². The SMILES string of the molecule is Cc1cc(F)ccc1C(=O)N(CC(=O)O)Cc1ccccc1. The first-order valence-electron chi connectivity index (χ1n) is 6.78. The average Bonchev–Trinajstić information content (AvgIpc) is 2.46. The molecule has 0 unspecified atom stereocenters. The standard InChI is InChI=1S/C17H16FNO3/c1-12-9-14(18)7-8-15(12)17(22)19(11-16(20)21)10-13-5-3-2-4-6-13/h2-9H,10-11H2,1H3,(H,20,21). The van der Waals surface area contributed by atoms with E-state index in [4.69, 9.17) is 5.11 Å². The zero-order valence-corrected chi connectivity index (χ0v) is 12.1. The summed E-state index contributed by atoms with van der Waals surface area (Å²) < 4.78 is 13.1. The molecule has 0 spiro atoms. The number of rotatable bonds is 5. The molecule has 0 saturated heterocycles. The van der Waals surface area contributed by atoms with Crippen LogP contribution in [0.2, 0.25) is 0 Å². The molecular weight excluding hydrogens is 285 g/mol. The van der Waals surface area contributed by atoms with E-state index in [1.54, 1.807) is 6.92 Å². The van der Waals surface area contributed by atoms with Gasteiger partial charge in [-0.1, -0.05) is 30.3 Å². The van der Waals surface area contributed by atoms with Crippen molar-refractivity contribution in [2.24, 2.45) is 0 Å². The van der Waals surface area contributed by atoms with Crippen LogP contribution in [-0.4, -0.2) is 28.4 Å². The fourth-order valence-corrected chi connectivity index (χ4v) is 2.20. The predicted molar refractivity (Wildman–Crippen MR) is 80.0 cm³/mol. The van der Waals surface area contributed by atoms with E-state index in [2.05, 4.69) is 0 Å². The smallest absolute Gasteiger partial charge is 0.323 e. The Hall–Kier alpha value is -2.69. The Morgan fingerprint density at radius 2 is 1.82 bits per heavy atom. The highest BCUT2D eigenvalue weighted by molar-refractivity contribution is 5.97. The third-order valence-electron chi connectivity index (χ3n) is 3.25. The molecule has 0 fully saturated rings. The summed E-state index contributed by atoms with van der Waals surface area (Å²) in [5, 5.41) is 9.02. The van der Waals surface area contributed by atoms with Crippen LogP contribution < -0.4 is 0 Å². The molecule has 0 aliphatic rings. The second kappa shape index (κ2) is 6.85. The normalized spacial score (nSPS) is 10.3. The minimum absolute atomic E-state index is 0.183. The van der Waals surface area contributed by atoms with Crippen molar-refractivity contribution >= 4 is 11.9 Å². The van der Waals surface area contributed by atoms with Gasteiger partial charge in [0.25, 0.3) is 5.91 Å². The van der Waals surface area contributed by atoms with Gasteiger partial charge in [0.15, 0.2) is 0 Å². The second-order valence-corrected chi connectivity index (χ2v) is 5.00. The van der Waals surface area contributed by atoms with Gasteiger partial charge in [0.2, 0.25) is 0 Å². The Kier molecular flexibility index (Phi) is 4.88. The van der Waals surface area contributed by atoms with Crippen LogP contribution in [0.5, 0.6) is 0 Å². The van der Waals surface area contributed by atoms with Crippen LogP contribution in [0, 0.1) is 12.7 Å². The van der Waals surface area contributed by atoms with Crippen LogP contribution in [0.1, 0.15) is 21.5 Å². The second-order valence-electron chi connectivity index (χ2n) is 5.00. The van der Waals surface area contributed by atoms with Crippen molar-refractivity contribution in [3.8, 4) is 0 Å². The maximum absolute atomic E-state index is 13.1. The molecule has 2 aromatic rings. The zero-order valence-electron chi connectivity index (χ0n) is 12.1. The van der Waals surface area contributed by atoms with Crippen LogP contribution in [-0.2, 0) is 11.3 Å². The number of benzene rings is 2. The Morgan fingerprint density at radius 1 is 1.14 bits per heavy atom. The molecule has 5 heteroatoms. The van der Waals surface area contributed by atoms with E-state index in [0.717, 1.165) is 5.56 Å². The lowest BCUT2D eigenvalue weighted by Gasteiger charge is -2.22. The first kappa shape index (κ1) is 15.7. The number of nitrogens with zero attached hydrogens (tertiary/aromatic N) is 1. The van der Waals surface area contributed by atoms with Crippen LogP contribution in [0.15, 0.2) is 48.5 Å². The van der Waals surface area contributed by atoms with Gasteiger partial charge in [-0.15, -0.1) is 0 Å². The molecule has 0 aliphatic heterocycles. The first-order valence-corrected chi connectivity index (χ1v) is 6.78. The van der Waals surface area contributed by atoms with Gasteiger partial charge in [-0.25, -0.2) is 4.39 Å². The van der Waals surface area contributed by atoms with Crippen molar-refractivity contribution in [1.82, 2.24) is 4.90 Å². The molecule has 0 bridgehead atoms. The topological polar surface area (TPSA) is 57.6 Å². The summed E-state index contributed by atoms with van der Waals surface area (Å²) in [4.78, 5) is 24.8. The Morgan fingerprint density at radius 3 is 2.41 bits per heavy atom. The van der Waals surface area contributed by atoms with Crippen molar-refractivity contribution in [3.05, 3.63) is 71.0 Å². The molecule has 0 atom stereocenters. The van der Waals surface area contributed by atoms with Crippen molar-refractivity contribution in [2.75, 3.05) is 6.54 Å². The lowest BCUT2D eigenvalue weighted by molar-refractivity contribution is -0.137. The molecule has 0 saturated carbocycles. The van der Waals surface area contributed by atoms with E-state index < -0.39 is 24.2 Å². The molecule has 0 heterocycles. The quantitative estimate of drug-likeness (QED) is 0.924. The fraction of sp³-hybridized carbons (Fsp3) is 0.176. The molecule has 0 aliphatic carbocycles. The van der Waals surface area contributed by atoms with Gasteiger partial charge in [0.05, 0.1) is 0 Å². The Bertz CT molecular complexity index is 686. The highest BCUT2D eigenvalue weighted by Gasteiger charge is 2.20. The number of halogens is 1. The molecule has 22 heavy (non-hydrogen) atoms. The van der Waals surface area contributed by atoms with Gasteiger partial charge >= 0.3 is 5.97 Å². The summed E-state index contributed by atoms with van der Waals surface area (Å²) in [6.45, 7) is 1.39. The summed E-state index contributed by atoms with van der Waals surface area (Å²) in [5.41, 5.74) is 1.61. The van der Waals surface area contributed by atoms with Crippen LogP contribution >= 0.6 is 0 Å². The van der Waals surface area contributed by atoms with Gasteiger partial charge < -0.3 is 10.0 Å². The summed E-state index contributed by atoms with van der Waals surface area (Å²) in [6, 6.07) is 13.0. The zero-order chi connectivity index (χ0) is 16.1. The Balaban J connectivity index is 2.28. The molecule has 2 rings (SSSR count). The van der Waals surface area contributed by atoms with Crippen molar-refractivity contribution < 1.29 is 19.1 Å². The van der Waals surface area contributed by atoms with Gasteiger partial charge in [-0.3, -0.25) is 9.59 Å². The van der Waals surface area contributed by atoms with Gasteiger partial charge in [-0.05, 0) is 36.2 Å². The van der Waals surface area contributed by atoms with Crippen LogP contribution in [0.4, 0.5) is 4.39 Å². The molecular formula is C17H16FNO3. The van der Waals surface area contributed by atoms with Gasteiger partial charge in [-0.2, -0.15) is 0 Å². The number of carbonyl (C=O) groups excluding carboxylic acids is 1. The monoisotopic (exact) mass is 301 g/mol. The highest BCUT2D eigenvalue weighted by Crippen LogP contribution is 2.15. The van der Waals surface area contributed by atoms with Crippen LogP contribution in [0.3, 0.4) is 0 Å². The number of carboxylic acid groups (broad SMARTS) is 1. The van der Waals surface area contributed by atoms with Crippen LogP contribution in [0.25, 0.3) is 0 Å². The largest absolute Gasteiger partial charge is 0.480 e. The lowest BCUT2D eigenvalue weighted by atomic mass is 10.1. The number of amides is 1. The molecule has 0 aromatic heterocycles. The number of hydrogen-bond donors (Lipinski definition) is 1. The lowest BCUT2D eigenvalue weighted by Crippen LogP contribution is -2.35. The van der Waals surface area contributed by atoms with E-state index in [0.29, 0.717) is 11.1 Å². The van der Waals surface area contributed by atoms with E-state index in [-0.39, 0.29) is 6.54 Å². The molecule has 1 N–H and O–H groups in total. The number of carbonyl (C=O) groups is 2. The third kappa shape index (κ3) is 3.91. The van der Waals surface area contributed by atoms with E-state index >= 15 is 0 Å². The molecule has 0 radical (unpaired) electrons. The molecule has 2 aromatic carbocycles. The first-order chi connectivity index (χ1) is 10.5. The minimum Gasteiger partial charge on any atom is -0.480 e. The summed E-state index contributed by atoms with van der Waals surface area (Å²) >= 11 is 0. The van der Waals surface area contributed by atoms with Crippen molar-refractivity contribution in [1.29, 1.82) is 0 Å². The number of aliphatic carboxylic acids is 1. The van der Waals surface area contributed by atoms with Gasteiger partial charge in [0, 0.05) is 12.1 Å². The summed E-state index contributed by atoms with van der Waals surface area (Å²) in [6.07, 6.45) is 0. The van der Waals surface area contributed by atoms with E-state index in [1.165, 1.54) is 23.1 Å². The molecule has 114 valence electrons. The van der Waals surface area contributed by atoms with E-state index in [1.807, 2.05) is 30.3 Å². The maximum atomic E-state index is 13.1. The van der Waals surface area contributed by atoms with Crippen molar-refractivity contribution in [3.63, 3.8) is 0 Å². The molecule has 4 nitrogen and oxygen atoms in total. The molecule has 1 amide bonds. The third-order valence-corrected chi connectivity index (χ3v) is 3.25. The average molecular weight is 301 g/mol. The van der Waals surface area contributed by atoms with Gasteiger partial charge in [0.1, 0.15) is 12.4 Å². The Labute approximate surface area is 127 Å².